The first-order valence-electron chi connectivity index (χ1n) is 8.48. The zero-order chi connectivity index (χ0) is 19.7. The van der Waals surface area contributed by atoms with Crippen LogP contribution in [0.5, 0.6) is 0 Å². The molecular weight excluding hydrogens is 440 g/mol. The Kier molecular flexibility index (Phi) is 5.06. The smallest absolute Gasteiger partial charge is 0.262 e. The third-order valence-corrected chi connectivity index (χ3v) is 5.50. The normalized spacial score (nSPS) is 12.1. The molecule has 4 aromatic rings. The van der Waals surface area contributed by atoms with Crippen LogP contribution in [0.4, 0.5) is 5.13 Å². The van der Waals surface area contributed by atoms with Crippen LogP contribution in [0.1, 0.15) is 17.4 Å². The summed E-state index contributed by atoms with van der Waals surface area (Å²) in [5.41, 5.74) is 1.01. The van der Waals surface area contributed by atoms with Crippen LogP contribution in [0.3, 0.4) is 0 Å². The molecule has 1 N–H and O–H groups in total. The maximum absolute atomic E-state index is 13.3. The summed E-state index contributed by atoms with van der Waals surface area (Å²) in [5, 5.41) is 5.51. The van der Waals surface area contributed by atoms with E-state index in [0.717, 1.165) is 4.47 Å². The van der Waals surface area contributed by atoms with Crippen LogP contribution < -0.4 is 10.9 Å². The van der Waals surface area contributed by atoms with Crippen LogP contribution in [-0.4, -0.2) is 20.4 Å². The van der Waals surface area contributed by atoms with E-state index in [1.54, 1.807) is 30.6 Å². The van der Waals surface area contributed by atoms with E-state index in [4.69, 9.17) is 0 Å². The third-order valence-electron chi connectivity index (χ3n) is 4.32. The number of hydrogen-bond donors (Lipinski definition) is 1. The van der Waals surface area contributed by atoms with E-state index >= 15 is 0 Å². The van der Waals surface area contributed by atoms with Gasteiger partial charge in [-0.2, -0.15) is 0 Å². The van der Waals surface area contributed by atoms with E-state index in [1.807, 2.05) is 36.4 Å². The van der Waals surface area contributed by atoms with E-state index < -0.39 is 6.04 Å². The Labute approximate surface area is 173 Å². The van der Waals surface area contributed by atoms with Crippen LogP contribution in [0.25, 0.3) is 10.9 Å². The highest BCUT2D eigenvalue weighted by molar-refractivity contribution is 9.10. The number of hydrogen-bond acceptors (Lipinski definition) is 5. The van der Waals surface area contributed by atoms with Gasteiger partial charge in [-0.25, -0.2) is 9.97 Å². The van der Waals surface area contributed by atoms with Gasteiger partial charge in [0.2, 0.25) is 0 Å². The summed E-state index contributed by atoms with van der Waals surface area (Å²) in [4.78, 5) is 35.2. The van der Waals surface area contributed by atoms with Crippen LogP contribution in [0, 0.1) is 6.92 Å². The van der Waals surface area contributed by atoms with E-state index in [0.29, 0.717) is 27.4 Å². The number of rotatable bonds is 4. The summed E-state index contributed by atoms with van der Waals surface area (Å²) >= 11 is 4.72. The van der Waals surface area contributed by atoms with Crippen LogP contribution in [0.15, 0.2) is 69.4 Å². The van der Waals surface area contributed by atoms with E-state index in [-0.39, 0.29) is 11.5 Å². The Bertz CT molecular complexity index is 1210. The van der Waals surface area contributed by atoms with Gasteiger partial charge in [0, 0.05) is 16.0 Å². The van der Waals surface area contributed by atoms with Gasteiger partial charge in [-0.1, -0.05) is 46.3 Å². The summed E-state index contributed by atoms with van der Waals surface area (Å²) in [5.74, 6) is 0.116. The van der Waals surface area contributed by atoms with Crippen LogP contribution >= 0.6 is 27.3 Å². The maximum atomic E-state index is 13.3. The lowest BCUT2D eigenvalue weighted by Gasteiger charge is -2.21. The first-order valence-corrected chi connectivity index (χ1v) is 10.2. The minimum absolute atomic E-state index is 0.271. The lowest BCUT2D eigenvalue weighted by molar-refractivity contribution is -0.118. The molecule has 0 bridgehead atoms. The van der Waals surface area contributed by atoms with E-state index in [9.17, 15) is 9.59 Å². The van der Waals surface area contributed by atoms with Crippen LogP contribution in [-0.2, 0) is 4.79 Å². The average Bonchev–Trinajstić information content (AvgIpc) is 3.19. The second-order valence-electron chi connectivity index (χ2n) is 6.14. The molecule has 6 nitrogen and oxygen atoms in total. The SMILES string of the molecule is Cc1nc2ccc(Br)cc2c(=O)n1C(C(=O)Nc1nccs1)c1ccccc1. The second kappa shape index (κ2) is 7.65. The van der Waals surface area contributed by atoms with Crippen molar-refractivity contribution in [2.24, 2.45) is 0 Å². The molecule has 0 fully saturated rings. The monoisotopic (exact) mass is 454 g/mol. The highest BCUT2D eigenvalue weighted by atomic mass is 79.9. The summed E-state index contributed by atoms with van der Waals surface area (Å²) < 4.78 is 2.21. The molecule has 0 aliphatic rings. The van der Waals surface area contributed by atoms with Crippen molar-refractivity contribution in [3.05, 3.63) is 86.3 Å². The number of thiazole rings is 1. The Morgan fingerprint density at radius 3 is 2.71 bits per heavy atom. The van der Waals surface area contributed by atoms with Crippen molar-refractivity contribution in [2.75, 3.05) is 5.32 Å². The van der Waals surface area contributed by atoms with Gasteiger partial charge < -0.3 is 0 Å². The number of carbonyl (C=O) groups excluding carboxylic acids is 1. The van der Waals surface area contributed by atoms with Gasteiger partial charge in [-0.05, 0) is 30.7 Å². The summed E-state index contributed by atoms with van der Waals surface area (Å²) in [6.45, 7) is 1.73. The van der Waals surface area contributed by atoms with Gasteiger partial charge >= 0.3 is 0 Å². The minimum Gasteiger partial charge on any atom is -0.300 e. The van der Waals surface area contributed by atoms with E-state index in [1.165, 1.54) is 15.9 Å². The Hall–Kier alpha value is -2.84. The molecule has 1 amide bonds. The average molecular weight is 455 g/mol. The van der Waals surface area contributed by atoms with E-state index in [2.05, 4.69) is 31.2 Å². The molecule has 2 aromatic heterocycles. The highest BCUT2D eigenvalue weighted by Crippen LogP contribution is 2.23. The summed E-state index contributed by atoms with van der Waals surface area (Å²) in [6.07, 6.45) is 1.62. The Balaban J connectivity index is 1.92. The number of carbonyl (C=O) groups is 1. The number of benzene rings is 2. The zero-order valence-corrected chi connectivity index (χ0v) is 17.2. The minimum atomic E-state index is -0.867. The molecular formula is C20H15BrN4O2S. The topological polar surface area (TPSA) is 76.9 Å². The number of nitrogens with one attached hydrogen (secondary N) is 1. The van der Waals surface area contributed by atoms with Crippen molar-refractivity contribution in [3.63, 3.8) is 0 Å². The molecule has 28 heavy (non-hydrogen) atoms. The molecule has 0 radical (unpaired) electrons. The molecule has 1 atom stereocenters. The molecule has 0 aliphatic carbocycles. The molecule has 2 heterocycles. The molecule has 0 saturated heterocycles. The van der Waals surface area contributed by atoms with Gasteiger partial charge in [0.15, 0.2) is 5.13 Å². The second-order valence-corrected chi connectivity index (χ2v) is 7.95. The van der Waals surface area contributed by atoms with Gasteiger partial charge in [-0.3, -0.25) is 19.5 Å². The molecule has 1 unspecified atom stereocenters. The molecule has 2 aromatic carbocycles. The van der Waals surface area contributed by atoms with Gasteiger partial charge in [0.25, 0.3) is 11.5 Å². The predicted molar refractivity (Wildman–Crippen MR) is 114 cm³/mol. The summed E-state index contributed by atoms with van der Waals surface area (Å²) in [7, 11) is 0. The highest BCUT2D eigenvalue weighted by Gasteiger charge is 2.27. The molecule has 0 spiro atoms. The van der Waals surface area contributed by atoms with Crippen molar-refractivity contribution in [3.8, 4) is 0 Å². The fourth-order valence-electron chi connectivity index (χ4n) is 3.10. The van der Waals surface area contributed by atoms with Gasteiger partial charge in [0.05, 0.1) is 10.9 Å². The van der Waals surface area contributed by atoms with Crippen molar-refractivity contribution < 1.29 is 4.79 Å². The van der Waals surface area contributed by atoms with Gasteiger partial charge in [0.1, 0.15) is 11.9 Å². The lowest BCUT2D eigenvalue weighted by atomic mass is 10.1. The van der Waals surface area contributed by atoms with Crippen molar-refractivity contribution >= 4 is 49.2 Å². The first-order chi connectivity index (χ1) is 13.5. The molecule has 0 aliphatic heterocycles. The summed E-state index contributed by atoms with van der Waals surface area (Å²) in [6, 6.07) is 13.7. The number of aryl methyl sites for hydroxylation is 1. The largest absolute Gasteiger partial charge is 0.300 e. The number of amides is 1. The molecule has 0 saturated carbocycles. The standard InChI is InChI=1S/C20H15BrN4O2S/c1-12-23-16-8-7-14(21)11-15(16)19(27)25(12)17(13-5-3-2-4-6-13)18(26)24-20-22-9-10-28-20/h2-11,17H,1H3,(H,22,24,26). The zero-order valence-electron chi connectivity index (χ0n) is 14.8. The molecule has 8 heteroatoms. The Morgan fingerprint density at radius 2 is 2.00 bits per heavy atom. The van der Waals surface area contributed by atoms with Crippen molar-refractivity contribution in [2.45, 2.75) is 13.0 Å². The van der Waals surface area contributed by atoms with Gasteiger partial charge in [-0.15, -0.1) is 11.3 Å². The fourth-order valence-corrected chi connectivity index (χ4v) is 3.99. The quantitative estimate of drug-likeness (QED) is 0.502. The maximum Gasteiger partial charge on any atom is 0.262 e. The first kappa shape index (κ1) is 18.5. The third kappa shape index (κ3) is 3.48. The van der Waals surface area contributed by atoms with Crippen LogP contribution in [0.2, 0.25) is 0 Å². The number of fused-ring (bicyclic) bond motifs is 1. The number of nitrogens with zero attached hydrogens (tertiary/aromatic N) is 3. The Morgan fingerprint density at radius 1 is 1.21 bits per heavy atom. The molecule has 140 valence electrons. The lowest BCUT2D eigenvalue weighted by Crippen LogP contribution is -2.36. The van der Waals surface area contributed by atoms with Crippen molar-refractivity contribution in [1.29, 1.82) is 0 Å². The molecule has 4 rings (SSSR count). The fraction of sp³-hybridized carbons (Fsp3) is 0.100. The van der Waals surface area contributed by atoms with Crippen molar-refractivity contribution in [1.82, 2.24) is 14.5 Å². The number of anilines is 1. The number of aromatic nitrogens is 3. The predicted octanol–water partition coefficient (Wildman–Crippen LogP) is 4.15. The number of halogens is 1.